The Bertz CT molecular complexity index is 712. The summed E-state index contributed by atoms with van der Waals surface area (Å²) >= 11 is 1.59. The second kappa shape index (κ2) is 9.72. The first-order valence-corrected chi connectivity index (χ1v) is 10.2. The molecule has 1 atom stereocenters. The number of hydrogen-bond donors (Lipinski definition) is 0. The highest BCUT2D eigenvalue weighted by molar-refractivity contribution is 7.09. The van der Waals surface area contributed by atoms with Crippen LogP contribution < -0.4 is 4.74 Å². The van der Waals surface area contributed by atoms with Gasteiger partial charge in [-0.25, -0.2) is 4.98 Å². The molecule has 0 bridgehead atoms. The van der Waals surface area contributed by atoms with Crippen LogP contribution in [0.4, 0.5) is 0 Å². The van der Waals surface area contributed by atoms with Crippen molar-refractivity contribution in [2.45, 2.75) is 66.7 Å². The molecule has 0 fully saturated rings. The average Bonchev–Trinajstić information content (AvgIpc) is 3.05. The van der Waals surface area contributed by atoms with E-state index in [1.54, 1.807) is 11.3 Å². The van der Waals surface area contributed by atoms with Gasteiger partial charge < -0.3 is 9.64 Å². The Kier molecular flexibility index (Phi) is 7.64. The van der Waals surface area contributed by atoms with Crippen LogP contribution in [0.3, 0.4) is 0 Å². The predicted octanol–water partition coefficient (Wildman–Crippen LogP) is 5.20. The molecule has 1 unspecified atom stereocenters. The van der Waals surface area contributed by atoms with Crippen molar-refractivity contribution < 1.29 is 9.53 Å². The molecule has 0 aliphatic rings. The van der Waals surface area contributed by atoms with Gasteiger partial charge in [-0.3, -0.25) is 4.79 Å². The Labute approximate surface area is 161 Å². The van der Waals surface area contributed by atoms with Crippen LogP contribution >= 0.6 is 11.3 Å². The molecular formula is C21H30N2O2S. The predicted molar refractivity (Wildman–Crippen MR) is 107 cm³/mol. The van der Waals surface area contributed by atoms with E-state index in [4.69, 9.17) is 4.74 Å². The maximum atomic E-state index is 12.6. The van der Waals surface area contributed by atoms with Crippen LogP contribution in [0.15, 0.2) is 29.6 Å². The zero-order valence-electron chi connectivity index (χ0n) is 16.5. The summed E-state index contributed by atoms with van der Waals surface area (Å²) in [6.45, 7) is 11.4. The molecule has 1 amide bonds. The van der Waals surface area contributed by atoms with E-state index in [-0.39, 0.29) is 11.9 Å². The van der Waals surface area contributed by atoms with Crippen LogP contribution in [0.5, 0.6) is 5.75 Å². The Balaban J connectivity index is 2.00. The second-order valence-corrected chi connectivity index (χ2v) is 8.11. The van der Waals surface area contributed by atoms with Crippen molar-refractivity contribution in [3.05, 3.63) is 45.9 Å². The lowest BCUT2D eigenvalue weighted by Gasteiger charge is -2.28. The summed E-state index contributed by atoms with van der Waals surface area (Å²) in [5, 5.41) is 2.97. The fourth-order valence-corrected chi connectivity index (χ4v) is 3.39. The van der Waals surface area contributed by atoms with Gasteiger partial charge in [0.25, 0.3) is 0 Å². The number of para-hydroxylation sites is 1. The largest absolute Gasteiger partial charge is 0.486 e. The van der Waals surface area contributed by atoms with E-state index in [0.29, 0.717) is 25.5 Å². The number of hydrogen-bond acceptors (Lipinski definition) is 4. The third-order valence-electron chi connectivity index (χ3n) is 4.40. The lowest BCUT2D eigenvalue weighted by Crippen LogP contribution is -2.38. The molecular weight excluding hydrogens is 344 g/mol. The molecule has 0 radical (unpaired) electrons. The summed E-state index contributed by atoms with van der Waals surface area (Å²) in [4.78, 5) is 19.2. The monoisotopic (exact) mass is 374 g/mol. The molecule has 2 rings (SSSR count). The fourth-order valence-electron chi connectivity index (χ4n) is 2.70. The summed E-state index contributed by atoms with van der Waals surface area (Å²) in [5.74, 6) is 1.46. The maximum absolute atomic E-state index is 12.6. The Morgan fingerprint density at radius 3 is 2.65 bits per heavy atom. The number of carbonyl (C=O) groups excluding carboxylic acids is 1. The number of amides is 1. The quantitative estimate of drug-likeness (QED) is 0.605. The molecule has 0 aliphatic heterocycles. The van der Waals surface area contributed by atoms with E-state index >= 15 is 0 Å². The molecule has 142 valence electrons. The molecule has 0 saturated carbocycles. The van der Waals surface area contributed by atoms with Crippen molar-refractivity contribution in [2.75, 3.05) is 0 Å². The normalized spacial score (nSPS) is 12.2. The molecule has 2 aromatic rings. The van der Waals surface area contributed by atoms with E-state index in [1.165, 1.54) is 0 Å². The third-order valence-corrected chi connectivity index (χ3v) is 5.27. The molecule has 0 aliphatic carbocycles. The highest BCUT2D eigenvalue weighted by atomic mass is 32.1. The Hall–Kier alpha value is -1.88. The summed E-state index contributed by atoms with van der Waals surface area (Å²) < 4.78 is 5.88. The van der Waals surface area contributed by atoms with Gasteiger partial charge in [0.05, 0.1) is 12.2 Å². The van der Waals surface area contributed by atoms with Gasteiger partial charge in [0.15, 0.2) is 0 Å². The number of benzene rings is 1. The molecule has 5 heteroatoms. The third kappa shape index (κ3) is 5.84. The minimum atomic E-state index is 0.208. The summed E-state index contributed by atoms with van der Waals surface area (Å²) in [7, 11) is 0. The fraction of sp³-hybridized carbons (Fsp3) is 0.524. The highest BCUT2D eigenvalue weighted by Gasteiger charge is 2.21. The first kappa shape index (κ1) is 20.4. The van der Waals surface area contributed by atoms with Gasteiger partial charge in [-0.15, -0.1) is 11.3 Å². The van der Waals surface area contributed by atoms with Crippen molar-refractivity contribution >= 4 is 17.2 Å². The van der Waals surface area contributed by atoms with Gasteiger partial charge >= 0.3 is 0 Å². The van der Waals surface area contributed by atoms with Crippen LogP contribution in [0.1, 0.15) is 56.8 Å². The van der Waals surface area contributed by atoms with E-state index < -0.39 is 0 Å². The van der Waals surface area contributed by atoms with Gasteiger partial charge in [-0.2, -0.15) is 0 Å². The molecule has 0 saturated heterocycles. The SMILES string of the molecule is CCC(C)N(Cc1csc(COc2ccccc2C)n1)C(=O)CC(C)C. The van der Waals surface area contributed by atoms with Crippen molar-refractivity contribution in [3.8, 4) is 5.75 Å². The van der Waals surface area contributed by atoms with Crippen molar-refractivity contribution in [3.63, 3.8) is 0 Å². The van der Waals surface area contributed by atoms with Crippen molar-refractivity contribution in [1.82, 2.24) is 9.88 Å². The van der Waals surface area contributed by atoms with E-state index in [0.717, 1.165) is 28.4 Å². The van der Waals surface area contributed by atoms with Gasteiger partial charge in [0.2, 0.25) is 5.91 Å². The Morgan fingerprint density at radius 1 is 1.27 bits per heavy atom. The van der Waals surface area contributed by atoms with Gasteiger partial charge in [0, 0.05) is 17.8 Å². The van der Waals surface area contributed by atoms with Gasteiger partial charge in [-0.05, 0) is 37.8 Å². The molecule has 0 N–H and O–H groups in total. The zero-order chi connectivity index (χ0) is 19.1. The van der Waals surface area contributed by atoms with Crippen LogP contribution in [-0.2, 0) is 17.9 Å². The van der Waals surface area contributed by atoms with Gasteiger partial charge in [-0.1, -0.05) is 39.0 Å². The second-order valence-electron chi connectivity index (χ2n) is 7.16. The van der Waals surface area contributed by atoms with E-state index in [2.05, 4.69) is 32.7 Å². The van der Waals surface area contributed by atoms with Crippen molar-refractivity contribution in [2.24, 2.45) is 5.92 Å². The van der Waals surface area contributed by atoms with Crippen LogP contribution in [0.2, 0.25) is 0 Å². The minimum absolute atomic E-state index is 0.208. The average molecular weight is 375 g/mol. The van der Waals surface area contributed by atoms with E-state index in [1.807, 2.05) is 41.5 Å². The van der Waals surface area contributed by atoms with Crippen molar-refractivity contribution in [1.29, 1.82) is 0 Å². The van der Waals surface area contributed by atoms with Crippen LogP contribution in [-0.4, -0.2) is 21.8 Å². The summed E-state index contributed by atoms with van der Waals surface area (Å²) in [6, 6.07) is 8.20. The van der Waals surface area contributed by atoms with Crippen LogP contribution in [0, 0.1) is 12.8 Å². The summed E-state index contributed by atoms with van der Waals surface area (Å²) in [6.07, 6.45) is 1.52. The number of aryl methyl sites for hydroxylation is 1. The zero-order valence-corrected chi connectivity index (χ0v) is 17.3. The van der Waals surface area contributed by atoms with Gasteiger partial charge in [0.1, 0.15) is 17.4 Å². The first-order chi connectivity index (χ1) is 12.4. The number of ether oxygens (including phenoxy) is 1. The lowest BCUT2D eigenvalue weighted by molar-refractivity contribution is -0.134. The highest BCUT2D eigenvalue weighted by Crippen LogP contribution is 2.21. The van der Waals surface area contributed by atoms with Crippen LogP contribution in [0.25, 0.3) is 0 Å². The number of thiazole rings is 1. The molecule has 0 spiro atoms. The topological polar surface area (TPSA) is 42.4 Å². The molecule has 1 aromatic heterocycles. The number of carbonyl (C=O) groups is 1. The minimum Gasteiger partial charge on any atom is -0.486 e. The van der Waals surface area contributed by atoms with E-state index in [9.17, 15) is 4.79 Å². The Morgan fingerprint density at radius 2 is 2.00 bits per heavy atom. The molecule has 4 nitrogen and oxygen atoms in total. The molecule has 1 heterocycles. The smallest absolute Gasteiger partial charge is 0.223 e. The number of aromatic nitrogens is 1. The lowest BCUT2D eigenvalue weighted by atomic mass is 10.1. The number of nitrogens with zero attached hydrogens (tertiary/aromatic N) is 2. The summed E-state index contributed by atoms with van der Waals surface area (Å²) in [5.41, 5.74) is 2.06. The first-order valence-electron chi connectivity index (χ1n) is 9.31. The maximum Gasteiger partial charge on any atom is 0.223 e. The molecule has 1 aromatic carbocycles. The number of rotatable bonds is 9. The standard InChI is InChI=1S/C21H30N2O2S/c1-6-17(5)23(21(24)11-15(2)3)12-18-14-26-20(22-18)13-25-19-10-8-7-9-16(19)4/h7-10,14-15,17H,6,11-13H2,1-5H3. The molecule has 26 heavy (non-hydrogen) atoms.